The standard InChI is InChI=1S/C18H18N4O/c19-9-13(10-20)11-21-17-8-4-7-15-16(17)12-22(18(15)23)14-5-2-1-3-6-14/h4,7-8,11,14,21H,1-3,5-6,12H2. The maximum Gasteiger partial charge on any atom is 0.254 e. The van der Waals surface area contributed by atoms with Gasteiger partial charge in [-0.25, -0.2) is 0 Å². The molecule has 0 spiro atoms. The SMILES string of the molecule is N#CC(C#N)=CNc1cccc2c1CN(C1CCCCC1)C2=O. The zero-order chi connectivity index (χ0) is 16.2. The van der Waals surface area contributed by atoms with E-state index in [1.807, 2.05) is 35.2 Å². The highest BCUT2D eigenvalue weighted by Crippen LogP contribution is 2.34. The molecule has 0 atom stereocenters. The number of nitrogens with zero attached hydrogens (tertiary/aromatic N) is 3. The lowest BCUT2D eigenvalue weighted by molar-refractivity contribution is 0.0660. The van der Waals surface area contributed by atoms with Gasteiger partial charge in [0, 0.05) is 35.6 Å². The van der Waals surface area contributed by atoms with Crippen molar-refractivity contribution in [3.63, 3.8) is 0 Å². The Balaban J connectivity index is 1.84. The predicted molar refractivity (Wildman–Crippen MR) is 86.1 cm³/mol. The second-order valence-electron chi connectivity index (χ2n) is 5.98. The highest BCUT2D eigenvalue weighted by molar-refractivity contribution is 6.00. The summed E-state index contributed by atoms with van der Waals surface area (Å²) >= 11 is 0. The normalized spacial score (nSPS) is 17.1. The summed E-state index contributed by atoms with van der Waals surface area (Å²) in [7, 11) is 0. The van der Waals surface area contributed by atoms with Gasteiger partial charge in [0.05, 0.1) is 0 Å². The lowest BCUT2D eigenvalue weighted by Gasteiger charge is -2.30. The maximum atomic E-state index is 12.7. The summed E-state index contributed by atoms with van der Waals surface area (Å²) in [6.07, 6.45) is 7.18. The Hall–Kier alpha value is -2.79. The average molecular weight is 306 g/mol. The number of nitriles is 2. The van der Waals surface area contributed by atoms with E-state index in [-0.39, 0.29) is 11.5 Å². The molecule has 1 amide bonds. The van der Waals surface area contributed by atoms with Crippen molar-refractivity contribution in [3.05, 3.63) is 41.1 Å². The summed E-state index contributed by atoms with van der Waals surface area (Å²) in [6, 6.07) is 9.53. The molecule has 2 aliphatic rings. The first kappa shape index (κ1) is 15.1. The number of allylic oxidation sites excluding steroid dienone is 1. The molecule has 1 aromatic carbocycles. The third kappa shape index (κ3) is 2.91. The second kappa shape index (κ2) is 6.54. The van der Waals surface area contributed by atoms with Crippen molar-refractivity contribution >= 4 is 11.6 Å². The van der Waals surface area contributed by atoms with E-state index < -0.39 is 0 Å². The molecule has 0 bridgehead atoms. The van der Waals surface area contributed by atoms with Crippen LogP contribution in [0.4, 0.5) is 5.69 Å². The van der Waals surface area contributed by atoms with E-state index in [2.05, 4.69) is 5.32 Å². The van der Waals surface area contributed by atoms with E-state index >= 15 is 0 Å². The number of amides is 1. The Morgan fingerprint density at radius 1 is 1.22 bits per heavy atom. The second-order valence-corrected chi connectivity index (χ2v) is 5.98. The molecule has 0 saturated heterocycles. The van der Waals surface area contributed by atoms with Gasteiger partial charge in [0.25, 0.3) is 5.91 Å². The van der Waals surface area contributed by atoms with Crippen LogP contribution in [-0.2, 0) is 6.54 Å². The summed E-state index contributed by atoms with van der Waals surface area (Å²) in [5, 5.41) is 20.6. The molecule has 1 aliphatic carbocycles. The summed E-state index contributed by atoms with van der Waals surface area (Å²) in [5.41, 5.74) is 2.48. The van der Waals surface area contributed by atoms with E-state index in [4.69, 9.17) is 10.5 Å². The molecule has 1 fully saturated rings. The summed E-state index contributed by atoms with van der Waals surface area (Å²) < 4.78 is 0. The van der Waals surface area contributed by atoms with Crippen LogP contribution >= 0.6 is 0 Å². The van der Waals surface area contributed by atoms with Crippen LogP contribution < -0.4 is 5.32 Å². The molecule has 116 valence electrons. The Labute approximate surface area is 135 Å². The maximum absolute atomic E-state index is 12.7. The molecule has 1 saturated carbocycles. The lowest BCUT2D eigenvalue weighted by atomic mass is 9.94. The number of carbonyl (C=O) groups excluding carboxylic acids is 1. The zero-order valence-corrected chi connectivity index (χ0v) is 12.9. The van der Waals surface area contributed by atoms with Crippen molar-refractivity contribution in [2.75, 3.05) is 5.32 Å². The molecule has 1 N–H and O–H groups in total. The van der Waals surface area contributed by atoms with E-state index in [1.54, 1.807) is 0 Å². The lowest BCUT2D eigenvalue weighted by Crippen LogP contribution is -2.36. The Bertz CT molecular complexity index is 716. The minimum absolute atomic E-state index is 0.0102. The van der Waals surface area contributed by atoms with E-state index in [1.165, 1.54) is 25.5 Å². The van der Waals surface area contributed by atoms with Crippen LogP contribution in [0.15, 0.2) is 30.0 Å². The quantitative estimate of drug-likeness (QED) is 0.869. The largest absolute Gasteiger partial charge is 0.360 e. The zero-order valence-electron chi connectivity index (χ0n) is 12.9. The molecule has 1 aromatic rings. The van der Waals surface area contributed by atoms with Crippen LogP contribution in [0.3, 0.4) is 0 Å². The molecule has 0 unspecified atom stereocenters. The van der Waals surface area contributed by atoms with Crippen molar-refractivity contribution in [1.82, 2.24) is 4.90 Å². The number of hydrogen-bond donors (Lipinski definition) is 1. The van der Waals surface area contributed by atoms with Gasteiger partial charge in [0.15, 0.2) is 0 Å². The molecule has 5 nitrogen and oxygen atoms in total. The fourth-order valence-corrected chi connectivity index (χ4v) is 3.42. The number of benzene rings is 1. The third-order valence-electron chi connectivity index (χ3n) is 4.62. The van der Waals surface area contributed by atoms with Gasteiger partial charge >= 0.3 is 0 Å². The Kier molecular flexibility index (Phi) is 4.30. The van der Waals surface area contributed by atoms with Crippen LogP contribution in [-0.4, -0.2) is 16.8 Å². The molecule has 0 aromatic heterocycles. The summed E-state index contributed by atoms with van der Waals surface area (Å²) in [4.78, 5) is 14.7. The minimum atomic E-state index is 0.0102. The number of rotatable bonds is 3. The average Bonchev–Trinajstić information content (AvgIpc) is 2.94. The number of fused-ring (bicyclic) bond motifs is 1. The molecule has 1 aliphatic heterocycles. The first-order chi connectivity index (χ1) is 11.2. The third-order valence-corrected chi connectivity index (χ3v) is 4.62. The molecular formula is C18H18N4O. The Morgan fingerprint density at radius 3 is 2.65 bits per heavy atom. The molecule has 1 heterocycles. The first-order valence-electron chi connectivity index (χ1n) is 7.94. The van der Waals surface area contributed by atoms with Gasteiger partial charge in [0.2, 0.25) is 0 Å². The molecule has 23 heavy (non-hydrogen) atoms. The summed E-state index contributed by atoms with van der Waals surface area (Å²) in [5.74, 6) is 0.0975. The van der Waals surface area contributed by atoms with Gasteiger partial charge in [-0.3, -0.25) is 4.79 Å². The molecule has 5 heteroatoms. The van der Waals surface area contributed by atoms with Gasteiger partial charge in [-0.2, -0.15) is 10.5 Å². The number of hydrogen-bond acceptors (Lipinski definition) is 4. The van der Waals surface area contributed by atoms with Crippen molar-refractivity contribution in [2.45, 2.75) is 44.7 Å². The highest BCUT2D eigenvalue weighted by atomic mass is 16.2. The van der Waals surface area contributed by atoms with Crippen molar-refractivity contribution in [2.24, 2.45) is 0 Å². The minimum Gasteiger partial charge on any atom is -0.360 e. The van der Waals surface area contributed by atoms with Gasteiger partial charge in [-0.15, -0.1) is 0 Å². The topological polar surface area (TPSA) is 79.9 Å². The van der Waals surface area contributed by atoms with Gasteiger partial charge in [-0.05, 0) is 25.0 Å². The fraction of sp³-hybridized carbons (Fsp3) is 0.389. The van der Waals surface area contributed by atoms with E-state index in [0.717, 1.165) is 29.7 Å². The first-order valence-corrected chi connectivity index (χ1v) is 7.94. The van der Waals surface area contributed by atoms with Crippen LogP contribution in [0.5, 0.6) is 0 Å². The van der Waals surface area contributed by atoms with E-state index in [9.17, 15) is 4.79 Å². The number of carbonyl (C=O) groups is 1. The van der Waals surface area contributed by atoms with Crippen LogP contribution in [0.1, 0.15) is 48.0 Å². The van der Waals surface area contributed by atoms with Gasteiger partial charge in [-0.1, -0.05) is 25.3 Å². The number of anilines is 1. The van der Waals surface area contributed by atoms with Crippen LogP contribution in [0, 0.1) is 22.7 Å². The monoisotopic (exact) mass is 306 g/mol. The fourth-order valence-electron chi connectivity index (χ4n) is 3.42. The smallest absolute Gasteiger partial charge is 0.254 e. The molecule has 0 radical (unpaired) electrons. The molecular weight excluding hydrogens is 288 g/mol. The van der Waals surface area contributed by atoms with Gasteiger partial charge < -0.3 is 10.2 Å². The molecule has 3 rings (SSSR count). The van der Waals surface area contributed by atoms with Crippen LogP contribution in [0.2, 0.25) is 0 Å². The highest BCUT2D eigenvalue weighted by Gasteiger charge is 2.34. The predicted octanol–water partition coefficient (Wildman–Crippen LogP) is 3.32. The summed E-state index contributed by atoms with van der Waals surface area (Å²) in [6.45, 7) is 0.601. The van der Waals surface area contributed by atoms with Crippen molar-refractivity contribution in [1.29, 1.82) is 10.5 Å². The van der Waals surface area contributed by atoms with Crippen molar-refractivity contribution in [3.8, 4) is 12.1 Å². The number of nitrogens with one attached hydrogen (secondary N) is 1. The van der Waals surface area contributed by atoms with Crippen LogP contribution in [0.25, 0.3) is 0 Å². The van der Waals surface area contributed by atoms with Gasteiger partial charge in [0.1, 0.15) is 17.7 Å². The van der Waals surface area contributed by atoms with Crippen molar-refractivity contribution < 1.29 is 4.79 Å². The Morgan fingerprint density at radius 2 is 1.96 bits per heavy atom. The van der Waals surface area contributed by atoms with E-state index in [0.29, 0.717) is 12.6 Å².